The summed E-state index contributed by atoms with van der Waals surface area (Å²) in [6.07, 6.45) is 2.93. The molecule has 0 heterocycles. The highest BCUT2D eigenvalue weighted by Crippen LogP contribution is 2.29. The Balaban J connectivity index is 2.01. The standard InChI is InChI=1S/C28H33N3O3/c29-19-9-3-8-14-25(27(30)33)31(20-21-15-17-24(32)18-16-21)28(34)26(22-10-4-1-5-11-22)23-12-6-2-7-13-23/h1-2,4-7,10-13,15-18,25-26,32H,3,8-9,14,19-20,29H2,(H2,30,33)/t25-/m1/s1. The van der Waals surface area contributed by atoms with Gasteiger partial charge in [-0.25, -0.2) is 0 Å². The Kier molecular flexibility index (Phi) is 9.23. The van der Waals surface area contributed by atoms with Gasteiger partial charge in [0.1, 0.15) is 11.8 Å². The molecule has 0 aliphatic carbocycles. The first-order valence-electron chi connectivity index (χ1n) is 11.7. The minimum Gasteiger partial charge on any atom is -0.508 e. The molecule has 3 aromatic rings. The summed E-state index contributed by atoms with van der Waals surface area (Å²) in [5.74, 6) is -1.15. The third-order valence-electron chi connectivity index (χ3n) is 5.97. The van der Waals surface area contributed by atoms with Crippen LogP contribution in [-0.2, 0) is 16.1 Å². The number of unbranched alkanes of at least 4 members (excludes halogenated alkanes) is 2. The second kappa shape index (κ2) is 12.6. The lowest BCUT2D eigenvalue weighted by Gasteiger charge is -2.33. The number of carbonyl (C=O) groups is 2. The fraction of sp³-hybridized carbons (Fsp3) is 0.286. The van der Waals surface area contributed by atoms with Gasteiger partial charge < -0.3 is 21.5 Å². The highest BCUT2D eigenvalue weighted by atomic mass is 16.3. The van der Waals surface area contributed by atoms with E-state index in [1.807, 2.05) is 60.7 Å². The lowest BCUT2D eigenvalue weighted by Crippen LogP contribution is -2.49. The van der Waals surface area contributed by atoms with E-state index in [0.717, 1.165) is 36.0 Å². The zero-order chi connectivity index (χ0) is 24.3. The quantitative estimate of drug-likeness (QED) is 0.357. The molecule has 0 unspecified atom stereocenters. The van der Waals surface area contributed by atoms with Crippen LogP contribution in [0.5, 0.6) is 5.75 Å². The first kappa shape index (κ1) is 25.0. The van der Waals surface area contributed by atoms with Gasteiger partial charge in [0, 0.05) is 6.54 Å². The molecule has 0 aromatic heterocycles. The van der Waals surface area contributed by atoms with Gasteiger partial charge in [0.2, 0.25) is 11.8 Å². The molecule has 178 valence electrons. The van der Waals surface area contributed by atoms with Crippen molar-refractivity contribution in [2.45, 2.75) is 44.2 Å². The van der Waals surface area contributed by atoms with Crippen LogP contribution in [0.15, 0.2) is 84.9 Å². The van der Waals surface area contributed by atoms with Crippen molar-refractivity contribution in [2.24, 2.45) is 11.5 Å². The average molecular weight is 460 g/mol. The van der Waals surface area contributed by atoms with Crippen LogP contribution in [0.1, 0.15) is 48.3 Å². The molecule has 0 fully saturated rings. The lowest BCUT2D eigenvalue weighted by molar-refractivity contribution is -0.141. The molecule has 6 heteroatoms. The first-order chi connectivity index (χ1) is 16.5. The molecule has 0 bridgehead atoms. The van der Waals surface area contributed by atoms with Crippen molar-refractivity contribution >= 4 is 11.8 Å². The maximum Gasteiger partial charge on any atom is 0.240 e. The summed E-state index contributed by atoms with van der Waals surface area (Å²) < 4.78 is 0. The van der Waals surface area contributed by atoms with Crippen LogP contribution in [0.3, 0.4) is 0 Å². The first-order valence-corrected chi connectivity index (χ1v) is 11.7. The minimum absolute atomic E-state index is 0.140. The smallest absolute Gasteiger partial charge is 0.240 e. The zero-order valence-corrected chi connectivity index (χ0v) is 19.3. The predicted octanol–water partition coefficient (Wildman–Crippen LogP) is 3.93. The Hall–Kier alpha value is -3.64. The highest BCUT2D eigenvalue weighted by molar-refractivity contribution is 5.92. The van der Waals surface area contributed by atoms with E-state index in [1.165, 1.54) is 0 Å². The Morgan fingerprint density at radius 1 is 0.794 bits per heavy atom. The van der Waals surface area contributed by atoms with Gasteiger partial charge in [-0.3, -0.25) is 9.59 Å². The Labute approximate surface area is 201 Å². The van der Waals surface area contributed by atoms with Gasteiger partial charge in [0.25, 0.3) is 0 Å². The van der Waals surface area contributed by atoms with Crippen molar-refractivity contribution in [3.8, 4) is 5.75 Å². The second-order valence-corrected chi connectivity index (χ2v) is 8.44. The number of aromatic hydroxyl groups is 1. The lowest BCUT2D eigenvalue weighted by atomic mass is 9.89. The summed E-state index contributed by atoms with van der Waals surface area (Å²) in [5, 5.41) is 9.68. The van der Waals surface area contributed by atoms with Crippen molar-refractivity contribution in [1.82, 2.24) is 4.90 Å². The molecular weight excluding hydrogens is 426 g/mol. The number of phenols is 1. The number of benzene rings is 3. The number of amides is 2. The number of nitrogens with two attached hydrogens (primary N) is 2. The predicted molar refractivity (Wildman–Crippen MR) is 134 cm³/mol. The Morgan fingerprint density at radius 2 is 1.35 bits per heavy atom. The molecule has 0 aliphatic heterocycles. The van der Waals surface area contributed by atoms with E-state index in [1.54, 1.807) is 29.2 Å². The van der Waals surface area contributed by atoms with Gasteiger partial charge in [0.05, 0.1) is 5.92 Å². The molecule has 1 atom stereocenters. The van der Waals surface area contributed by atoms with Crippen LogP contribution in [-0.4, -0.2) is 34.4 Å². The van der Waals surface area contributed by atoms with E-state index < -0.39 is 17.9 Å². The molecule has 6 nitrogen and oxygen atoms in total. The maximum atomic E-state index is 14.2. The third-order valence-corrected chi connectivity index (χ3v) is 5.97. The number of hydrogen-bond donors (Lipinski definition) is 3. The monoisotopic (exact) mass is 459 g/mol. The number of nitrogens with zero attached hydrogens (tertiary/aromatic N) is 1. The van der Waals surface area contributed by atoms with Crippen LogP contribution in [0.4, 0.5) is 0 Å². The van der Waals surface area contributed by atoms with E-state index in [0.29, 0.717) is 13.0 Å². The highest BCUT2D eigenvalue weighted by Gasteiger charge is 2.34. The summed E-state index contributed by atoms with van der Waals surface area (Å²) in [6, 6.07) is 25.0. The summed E-state index contributed by atoms with van der Waals surface area (Å²) in [5.41, 5.74) is 14.0. The fourth-order valence-corrected chi connectivity index (χ4v) is 4.18. The van der Waals surface area contributed by atoms with Crippen LogP contribution in [0.25, 0.3) is 0 Å². The van der Waals surface area contributed by atoms with Crippen molar-refractivity contribution in [1.29, 1.82) is 0 Å². The molecule has 0 radical (unpaired) electrons. The molecular formula is C28H33N3O3. The largest absolute Gasteiger partial charge is 0.508 e. The van der Waals surface area contributed by atoms with E-state index in [9.17, 15) is 14.7 Å². The molecule has 0 aliphatic rings. The van der Waals surface area contributed by atoms with E-state index in [4.69, 9.17) is 11.5 Å². The molecule has 0 saturated heterocycles. The summed E-state index contributed by atoms with van der Waals surface area (Å²) >= 11 is 0. The topological polar surface area (TPSA) is 110 Å². The van der Waals surface area contributed by atoms with Crippen molar-refractivity contribution in [3.63, 3.8) is 0 Å². The molecule has 0 saturated carbocycles. The maximum absolute atomic E-state index is 14.2. The van der Waals surface area contributed by atoms with Crippen molar-refractivity contribution < 1.29 is 14.7 Å². The normalized spacial score (nSPS) is 11.8. The second-order valence-electron chi connectivity index (χ2n) is 8.44. The van der Waals surface area contributed by atoms with Gasteiger partial charge >= 0.3 is 0 Å². The van der Waals surface area contributed by atoms with Crippen LogP contribution in [0.2, 0.25) is 0 Å². The van der Waals surface area contributed by atoms with Crippen molar-refractivity contribution in [2.75, 3.05) is 6.54 Å². The van der Waals surface area contributed by atoms with E-state index >= 15 is 0 Å². The van der Waals surface area contributed by atoms with E-state index in [-0.39, 0.29) is 18.2 Å². The molecule has 34 heavy (non-hydrogen) atoms. The van der Waals surface area contributed by atoms with Gasteiger partial charge in [0.15, 0.2) is 0 Å². The SMILES string of the molecule is NCCCCC[C@H](C(N)=O)N(Cc1ccc(O)cc1)C(=O)C(c1ccccc1)c1ccccc1. The number of carbonyl (C=O) groups excluding carboxylic acids is 2. The van der Waals surface area contributed by atoms with Crippen molar-refractivity contribution in [3.05, 3.63) is 102 Å². The van der Waals surface area contributed by atoms with Crippen LogP contribution < -0.4 is 11.5 Å². The molecule has 2 amide bonds. The van der Waals surface area contributed by atoms with Gasteiger partial charge in [-0.1, -0.05) is 85.6 Å². The molecule has 3 aromatic carbocycles. The Bertz CT molecular complexity index is 1000. The van der Waals surface area contributed by atoms with Crippen LogP contribution in [0, 0.1) is 0 Å². The number of hydrogen-bond acceptors (Lipinski definition) is 4. The summed E-state index contributed by atoms with van der Waals surface area (Å²) in [7, 11) is 0. The zero-order valence-electron chi connectivity index (χ0n) is 19.3. The van der Waals surface area contributed by atoms with Gasteiger partial charge in [-0.2, -0.15) is 0 Å². The van der Waals surface area contributed by atoms with Gasteiger partial charge in [-0.05, 0) is 48.2 Å². The Morgan fingerprint density at radius 3 is 1.85 bits per heavy atom. The molecule has 0 spiro atoms. The summed E-state index contributed by atoms with van der Waals surface area (Å²) in [4.78, 5) is 28.4. The van der Waals surface area contributed by atoms with Gasteiger partial charge in [-0.15, -0.1) is 0 Å². The number of phenolic OH excluding ortho intramolecular Hbond substituents is 1. The molecule has 3 rings (SSSR count). The molecule has 5 N–H and O–H groups in total. The average Bonchev–Trinajstić information content (AvgIpc) is 2.85. The minimum atomic E-state index is -0.756. The number of primary amides is 1. The number of rotatable bonds is 12. The third kappa shape index (κ3) is 6.68. The fourth-order valence-electron chi connectivity index (χ4n) is 4.18. The van der Waals surface area contributed by atoms with Crippen LogP contribution >= 0.6 is 0 Å². The summed E-state index contributed by atoms with van der Waals surface area (Å²) in [6.45, 7) is 0.793. The van der Waals surface area contributed by atoms with E-state index in [2.05, 4.69) is 0 Å².